The predicted molar refractivity (Wildman–Crippen MR) is 100 cm³/mol. The van der Waals surface area contributed by atoms with Gasteiger partial charge in [0.2, 0.25) is 5.95 Å². The van der Waals surface area contributed by atoms with E-state index in [1.165, 1.54) is 10.9 Å². The molecule has 0 aliphatic rings. The van der Waals surface area contributed by atoms with Crippen molar-refractivity contribution in [3.63, 3.8) is 0 Å². The van der Waals surface area contributed by atoms with Gasteiger partial charge in [-0.15, -0.1) is 0 Å². The van der Waals surface area contributed by atoms with Crippen LogP contribution in [0, 0.1) is 0 Å². The minimum absolute atomic E-state index is 0.565. The summed E-state index contributed by atoms with van der Waals surface area (Å²) < 4.78 is 7.29. The van der Waals surface area contributed by atoms with Crippen LogP contribution >= 0.6 is 0 Å². The van der Waals surface area contributed by atoms with Crippen LogP contribution in [0.2, 0.25) is 0 Å². The lowest BCUT2D eigenvalue weighted by Crippen LogP contribution is -1.97. The highest BCUT2D eigenvalue weighted by Crippen LogP contribution is 2.29. The number of hydrogen-bond acceptors (Lipinski definition) is 4. The van der Waals surface area contributed by atoms with Gasteiger partial charge in [-0.05, 0) is 36.4 Å². The van der Waals surface area contributed by atoms with E-state index in [9.17, 15) is 0 Å². The Morgan fingerprint density at radius 1 is 1.00 bits per heavy atom. The van der Waals surface area contributed by atoms with Crippen LogP contribution in [0.15, 0.2) is 67.0 Å². The molecule has 0 fully saturated rings. The lowest BCUT2D eigenvalue weighted by atomic mass is 10.1. The maximum atomic E-state index is 5.18. The molecule has 4 aromatic rings. The van der Waals surface area contributed by atoms with E-state index < -0.39 is 0 Å². The zero-order valence-electron chi connectivity index (χ0n) is 14.1. The highest BCUT2D eigenvalue weighted by Gasteiger charge is 2.10. The average molecular weight is 330 g/mol. The van der Waals surface area contributed by atoms with E-state index in [0.29, 0.717) is 5.95 Å². The van der Waals surface area contributed by atoms with Crippen molar-refractivity contribution in [2.45, 2.75) is 0 Å². The average Bonchev–Trinajstić information content (AvgIpc) is 3.00. The molecule has 1 N–H and O–H groups in total. The molecular weight excluding hydrogens is 312 g/mol. The van der Waals surface area contributed by atoms with Crippen LogP contribution in [-0.4, -0.2) is 21.6 Å². The van der Waals surface area contributed by atoms with Crippen LogP contribution in [0.5, 0.6) is 5.75 Å². The Kier molecular flexibility index (Phi) is 3.82. The quantitative estimate of drug-likeness (QED) is 0.603. The van der Waals surface area contributed by atoms with Crippen molar-refractivity contribution in [1.82, 2.24) is 14.5 Å². The van der Waals surface area contributed by atoms with Gasteiger partial charge in [-0.1, -0.05) is 18.2 Å². The maximum Gasteiger partial charge on any atom is 0.227 e. The zero-order valence-corrected chi connectivity index (χ0v) is 14.1. The zero-order chi connectivity index (χ0) is 17.2. The molecule has 0 spiro atoms. The van der Waals surface area contributed by atoms with Gasteiger partial charge in [0.15, 0.2) is 0 Å². The van der Waals surface area contributed by atoms with Crippen molar-refractivity contribution in [2.24, 2.45) is 7.05 Å². The monoisotopic (exact) mass is 330 g/mol. The van der Waals surface area contributed by atoms with Gasteiger partial charge in [-0.25, -0.2) is 9.97 Å². The van der Waals surface area contributed by atoms with Crippen molar-refractivity contribution < 1.29 is 4.74 Å². The molecule has 0 saturated heterocycles. The summed E-state index contributed by atoms with van der Waals surface area (Å²) in [5, 5.41) is 4.42. The molecule has 2 aromatic heterocycles. The Morgan fingerprint density at radius 2 is 1.80 bits per heavy atom. The number of methoxy groups -OCH3 is 1. The van der Waals surface area contributed by atoms with Crippen LogP contribution in [0.25, 0.3) is 22.2 Å². The first-order valence-electron chi connectivity index (χ1n) is 8.03. The summed E-state index contributed by atoms with van der Waals surface area (Å²) in [7, 11) is 3.70. The first kappa shape index (κ1) is 15.2. The van der Waals surface area contributed by atoms with Crippen LogP contribution in [-0.2, 0) is 7.05 Å². The van der Waals surface area contributed by atoms with Gasteiger partial charge in [-0.3, -0.25) is 0 Å². The third-order valence-electron chi connectivity index (χ3n) is 4.17. The molecule has 5 nitrogen and oxygen atoms in total. The second-order valence-corrected chi connectivity index (χ2v) is 5.79. The second kappa shape index (κ2) is 6.28. The molecular formula is C20H18N4O. The first-order valence-corrected chi connectivity index (χ1v) is 8.03. The Labute approximate surface area is 145 Å². The molecule has 2 heterocycles. The molecule has 0 aliphatic carbocycles. The number of nitrogens with zero attached hydrogens (tertiary/aromatic N) is 3. The number of anilines is 2. The smallest absolute Gasteiger partial charge is 0.227 e. The van der Waals surface area contributed by atoms with E-state index in [4.69, 9.17) is 4.74 Å². The van der Waals surface area contributed by atoms with E-state index in [1.807, 2.05) is 49.5 Å². The molecule has 2 aromatic carbocycles. The summed E-state index contributed by atoms with van der Waals surface area (Å²) in [5.74, 6) is 1.38. The number of nitrogens with one attached hydrogen (secondary N) is 1. The summed E-state index contributed by atoms with van der Waals surface area (Å²) >= 11 is 0. The third-order valence-corrected chi connectivity index (χ3v) is 4.17. The molecule has 0 aliphatic heterocycles. The minimum Gasteiger partial charge on any atom is -0.497 e. The fraction of sp³-hybridized carbons (Fsp3) is 0.100. The molecule has 0 radical (unpaired) electrons. The molecule has 0 bridgehead atoms. The van der Waals surface area contributed by atoms with Gasteiger partial charge in [-0.2, -0.15) is 0 Å². The van der Waals surface area contributed by atoms with Gasteiger partial charge in [0.25, 0.3) is 0 Å². The van der Waals surface area contributed by atoms with Crippen molar-refractivity contribution in [2.75, 3.05) is 12.4 Å². The lowest BCUT2D eigenvalue weighted by molar-refractivity contribution is 0.415. The van der Waals surface area contributed by atoms with Crippen molar-refractivity contribution in [3.8, 4) is 17.0 Å². The molecule has 0 amide bonds. The van der Waals surface area contributed by atoms with Gasteiger partial charge in [0.05, 0.1) is 12.8 Å². The minimum atomic E-state index is 0.565. The largest absolute Gasteiger partial charge is 0.497 e. The van der Waals surface area contributed by atoms with E-state index in [2.05, 4.69) is 38.2 Å². The summed E-state index contributed by atoms with van der Waals surface area (Å²) in [5.41, 5.74) is 4.08. The second-order valence-electron chi connectivity index (χ2n) is 5.79. The summed E-state index contributed by atoms with van der Waals surface area (Å²) in [6.45, 7) is 0. The number of aryl methyl sites for hydroxylation is 1. The predicted octanol–water partition coefficient (Wildman–Crippen LogP) is 4.39. The fourth-order valence-electron chi connectivity index (χ4n) is 2.92. The van der Waals surface area contributed by atoms with Crippen LogP contribution < -0.4 is 10.1 Å². The fourth-order valence-corrected chi connectivity index (χ4v) is 2.92. The molecule has 0 saturated carbocycles. The standard InChI is InChI=1S/C20H18N4O/c1-24-13-17(16-5-3-4-6-19(16)24)18-11-12-21-20(23-18)22-14-7-9-15(25-2)10-8-14/h3-13H,1-2H3,(H,21,22,23). The van der Waals surface area contributed by atoms with Crippen LogP contribution in [0.4, 0.5) is 11.6 Å². The number of benzene rings is 2. The molecule has 0 atom stereocenters. The highest BCUT2D eigenvalue weighted by molar-refractivity contribution is 5.95. The molecule has 25 heavy (non-hydrogen) atoms. The SMILES string of the molecule is COc1ccc(Nc2nccc(-c3cn(C)c4ccccc34)n2)cc1. The molecule has 0 unspecified atom stereocenters. The molecule has 5 heteroatoms. The molecule has 4 rings (SSSR count). The van der Waals surface area contributed by atoms with E-state index in [0.717, 1.165) is 22.7 Å². The van der Waals surface area contributed by atoms with Gasteiger partial charge >= 0.3 is 0 Å². The van der Waals surface area contributed by atoms with Gasteiger partial charge < -0.3 is 14.6 Å². The van der Waals surface area contributed by atoms with Crippen LogP contribution in [0.1, 0.15) is 0 Å². The third kappa shape index (κ3) is 2.92. The number of hydrogen-bond donors (Lipinski definition) is 1. The Bertz CT molecular complexity index is 1020. The number of fused-ring (bicyclic) bond motifs is 1. The van der Waals surface area contributed by atoms with Gasteiger partial charge in [0.1, 0.15) is 5.75 Å². The van der Waals surface area contributed by atoms with Crippen LogP contribution in [0.3, 0.4) is 0 Å². The number of rotatable bonds is 4. The normalized spacial score (nSPS) is 10.8. The highest BCUT2D eigenvalue weighted by atomic mass is 16.5. The Balaban J connectivity index is 1.68. The number of para-hydroxylation sites is 1. The molecule has 124 valence electrons. The number of ether oxygens (including phenoxy) is 1. The van der Waals surface area contributed by atoms with E-state index >= 15 is 0 Å². The Morgan fingerprint density at radius 3 is 2.60 bits per heavy atom. The van der Waals surface area contributed by atoms with Gasteiger partial charge in [0, 0.05) is 41.6 Å². The summed E-state index contributed by atoms with van der Waals surface area (Å²) in [6.07, 6.45) is 3.88. The van der Waals surface area contributed by atoms with Crippen molar-refractivity contribution in [3.05, 3.63) is 67.0 Å². The van der Waals surface area contributed by atoms with Crippen molar-refractivity contribution in [1.29, 1.82) is 0 Å². The lowest BCUT2D eigenvalue weighted by Gasteiger charge is -2.07. The van der Waals surface area contributed by atoms with E-state index in [-0.39, 0.29) is 0 Å². The summed E-state index contributed by atoms with van der Waals surface area (Å²) in [6, 6.07) is 17.9. The Hall–Kier alpha value is -3.34. The summed E-state index contributed by atoms with van der Waals surface area (Å²) in [4.78, 5) is 9.01. The number of aromatic nitrogens is 3. The van der Waals surface area contributed by atoms with E-state index in [1.54, 1.807) is 13.3 Å². The van der Waals surface area contributed by atoms with Crippen molar-refractivity contribution >= 4 is 22.5 Å². The maximum absolute atomic E-state index is 5.18. The topological polar surface area (TPSA) is 52.0 Å². The first-order chi connectivity index (χ1) is 12.2.